The van der Waals surface area contributed by atoms with E-state index in [1.165, 1.54) is 11.0 Å². The summed E-state index contributed by atoms with van der Waals surface area (Å²) in [5, 5.41) is -0.212. The molecule has 0 N–H and O–H groups in total. The van der Waals surface area contributed by atoms with Gasteiger partial charge in [0, 0.05) is 13.0 Å². The van der Waals surface area contributed by atoms with Gasteiger partial charge in [0.1, 0.15) is 5.82 Å². The third-order valence-electron chi connectivity index (χ3n) is 2.54. The molecule has 80 valence electrons. The van der Waals surface area contributed by atoms with Gasteiger partial charge >= 0.3 is 0 Å². The second kappa shape index (κ2) is 3.81. The Bertz CT molecular complexity index is 387. The van der Waals surface area contributed by atoms with Crippen LogP contribution >= 0.6 is 11.6 Å². The Morgan fingerprint density at radius 2 is 2.27 bits per heavy atom. The van der Waals surface area contributed by atoms with Crippen LogP contribution in [0.2, 0.25) is 0 Å². The predicted molar refractivity (Wildman–Crippen MR) is 57.7 cm³/mol. The zero-order chi connectivity index (χ0) is 11.0. The number of hydrogen-bond donors (Lipinski definition) is 0. The van der Waals surface area contributed by atoms with E-state index >= 15 is 0 Å². The molecule has 1 atom stereocenters. The van der Waals surface area contributed by atoms with Crippen LogP contribution in [0.5, 0.6) is 0 Å². The zero-order valence-electron chi connectivity index (χ0n) is 8.34. The minimum atomic E-state index is -0.367. The van der Waals surface area contributed by atoms with Crippen molar-refractivity contribution >= 4 is 23.2 Å². The van der Waals surface area contributed by atoms with Crippen LogP contribution in [-0.2, 0) is 4.79 Å². The minimum Gasteiger partial charge on any atom is -0.308 e. The van der Waals surface area contributed by atoms with Gasteiger partial charge < -0.3 is 4.90 Å². The number of nitrogens with zero attached hydrogens (tertiary/aromatic N) is 1. The molecule has 0 aliphatic carbocycles. The highest BCUT2D eigenvalue weighted by Gasteiger charge is 2.31. The fraction of sp³-hybridized carbons (Fsp3) is 0.364. The van der Waals surface area contributed by atoms with Gasteiger partial charge in [0.05, 0.1) is 11.1 Å². The van der Waals surface area contributed by atoms with E-state index in [4.69, 9.17) is 11.6 Å². The number of carbonyl (C=O) groups excluding carboxylic acids is 1. The lowest BCUT2D eigenvalue weighted by atomic mass is 10.2. The molecular formula is C11H11ClFNO. The monoisotopic (exact) mass is 227 g/mol. The first-order valence-electron chi connectivity index (χ1n) is 4.79. The lowest BCUT2D eigenvalue weighted by Crippen LogP contribution is -2.26. The number of alkyl halides is 1. The van der Waals surface area contributed by atoms with Crippen molar-refractivity contribution in [1.29, 1.82) is 0 Å². The number of para-hydroxylation sites is 1. The van der Waals surface area contributed by atoms with E-state index in [0.717, 1.165) is 5.56 Å². The summed E-state index contributed by atoms with van der Waals surface area (Å²) in [5.74, 6) is -0.475. The summed E-state index contributed by atoms with van der Waals surface area (Å²) in [5.41, 5.74) is 1.12. The molecule has 1 saturated heterocycles. The molecule has 2 nitrogen and oxygen atoms in total. The Balaban J connectivity index is 2.41. The van der Waals surface area contributed by atoms with Crippen molar-refractivity contribution in [3.05, 3.63) is 29.6 Å². The highest BCUT2D eigenvalue weighted by Crippen LogP contribution is 2.29. The lowest BCUT2D eigenvalue weighted by Gasteiger charge is -2.18. The Hall–Kier alpha value is -1.09. The van der Waals surface area contributed by atoms with Gasteiger partial charge in [-0.25, -0.2) is 4.39 Å². The molecule has 1 aliphatic heterocycles. The molecule has 1 amide bonds. The fourth-order valence-electron chi connectivity index (χ4n) is 1.85. The van der Waals surface area contributed by atoms with Crippen molar-refractivity contribution in [2.75, 3.05) is 11.4 Å². The Labute approximate surface area is 92.6 Å². The number of benzene rings is 1. The van der Waals surface area contributed by atoms with Crippen LogP contribution in [-0.4, -0.2) is 17.8 Å². The summed E-state index contributed by atoms with van der Waals surface area (Å²) in [7, 11) is 0. The van der Waals surface area contributed by atoms with Crippen LogP contribution in [0, 0.1) is 12.7 Å². The molecule has 1 unspecified atom stereocenters. The first-order valence-corrected chi connectivity index (χ1v) is 5.23. The highest BCUT2D eigenvalue weighted by molar-refractivity contribution is 6.24. The molecule has 2 rings (SSSR count). The third kappa shape index (κ3) is 1.84. The molecule has 15 heavy (non-hydrogen) atoms. The number of hydrogen-bond acceptors (Lipinski definition) is 1. The van der Waals surface area contributed by atoms with Gasteiger partial charge in [-0.2, -0.15) is 0 Å². The van der Waals surface area contributed by atoms with Crippen molar-refractivity contribution in [3.63, 3.8) is 0 Å². The number of rotatable bonds is 1. The predicted octanol–water partition coefficient (Wildman–Crippen LogP) is 2.48. The molecule has 0 saturated carbocycles. The third-order valence-corrected chi connectivity index (χ3v) is 2.83. The number of carbonyl (C=O) groups is 1. The first-order chi connectivity index (χ1) is 7.09. The van der Waals surface area contributed by atoms with Crippen molar-refractivity contribution in [1.82, 2.24) is 0 Å². The normalized spacial score (nSPS) is 21.1. The summed E-state index contributed by atoms with van der Waals surface area (Å²) in [6.45, 7) is 2.18. The van der Waals surface area contributed by atoms with E-state index in [1.807, 2.05) is 0 Å². The van der Waals surface area contributed by atoms with E-state index in [0.29, 0.717) is 12.2 Å². The second-order valence-electron chi connectivity index (χ2n) is 3.71. The average Bonchev–Trinajstić information content (AvgIpc) is 2.45. The molecule has 1 aliphatic rings. The van der Waals surface area contributed by atoms with E-state index in [9.17, 15) is 9.18 Å². The van der Waals surface area contributed by atoms with E-state index in [1.54, 1.807) is 19.1 Å². The molecule has 1 aromatic rings. The number of halogens is 2. The standard InChI is InChI=1S/C11H11ClFNO/c1-7-3-2-4-9(13)11(7)14-6-8(12)5-10(14)15/h2-4,8H,5-6H2,1H3. The van der Waals surface area contributed by atoms with Crippen molar-refractivity contribution in [3.8, 4) is 0 Å². The molecule has 1 heterocycles. The Morgan fingerprint density at radius 3 is 2.80 bits per heavy atom. The van der Waals surface area contributed by atoms with Crippen molar-refractivity contribution < 1.29 is 9.18 Å². The maximum Gasteiger partial charge on any atom is 0.228 e. The SMILES string of the molecule is Cc1cccc(F)c1N1CC(Cl)CC1=O. The van der Waals surface area contributed by atoms with Crippen molar-refractivity contribution in [2.45, 2.75) is 18.7 Å². The lowest BCUT2D eigenvalue weighted by molar-refractivity contribution is -0.117. The van der Waals surface area contributed by atoms with Gasteiger partial charge in [0.15, 0.2) is 0 Å². The van der Waals surface area contributed by atoms with Crippen LogP contribution in [0.25, 0.3) is 0 Å². The highest BCUT2D eigenvalue weighted by atomic mass is 35.5. The summed E-state index contributed by atoms with van der Waals surface area (Å²) in [4.78, 5) is 13.0. The topological polar surface area (TPSA) is 20.3 Å². The summed E-state index contributed by atoms with van der Waals surface area (Å²) < 4.78 is 13.6. The summed E-state index contributed by atoms with van der Waals surface area (Å²) in [6, 6.07) is 4.78. The molecule has 4 heteroatoms. The second-order valence-corrected chi connectivity index (χ2v) is 4.33. The van der Waals surface area contributed by atoms with Gasteiger partial charge in [-0.15, -0.1) is 11.6 Å². The molecule has 0 aromatic heterocycles. The van der Waals surface area contributed by atoms with E-state index in [2.05, 4.69) is 0 Å². The summed E-state index contributed by atoms with van der Waals surface area (Å²) in [6.07, 6.45) is 0.287. The van der Waals surface area contributed by atoms with E-state index < -0.39 is 0 Å². The number of aryl methyl sites for hydroxylation is 1. The Morgan fingerprint density at radius 1 is 1.53 bits per heavy atom. The minimum absolute atomic E-state index is 0.108. The molecule has 0 radical (unpaired) electrons. The maximum absolute atomic E-state index is 13.6. The Kier molecular flexibility index (Phi) is 2.65. The number of anilines is 1. The van der Waals surface area contributed by atoms with Gasteiger partial charge in [-0.05, 0) is 18.6 Å². The van der Waals surface area contributed by atoms with Crippen LogP contribution in [0.1, 0.15) is 12.0 Å². The zero-order valence-corrected chi connectivity index (χ0v) is 9.09. The largest absolute Gasteiger partial charge is 0.308 e. The van der Waals surface area contributed by atoms with E-state index in [-0.39, 0.29) is 23.5 Å². The smallest absolute Gasteiger partial charge is 0.228 e. The molecular weight excluding hydrogens is 217 g/mol. The van der Waals surface area contributed by atoms with Crippen LogP contribution in [0.15, 0.2) is 18.2 Å². The number of amides is 1. The fourth-order valence-corrected chi connectivity index (χ4v) is 2.12. The maximum atomic E-state index is 13.6. The molecule has 0 spiro atoms. The van der Waals surface area contributed by atoms with Crippen LogP contribution < -0.4 is 4.90 Å². The quantitative estimate of drug-likeness (QED) is 0.675. The van der Waals surface area contributed by atoms with Crippen LogP contribution in [0.3, 0.4) is 0 Å². The van der Waals surface area contributed by atoms with Crippen molar-refractivity contribution in [2.24, 2.45) is 0 Å². The van der Waals surface area contributed by atoms with Gasteiger partial charge in [-0.1, -0.05) is 12.1 Å². The average molecular weight is 228 g/mol. The van der Waals surface area contributed by atoms with Crippen LogP contribution in [0.4, 0.5) is 10.1 Å². The molecule has 0 bridgehead atoms. The molecule has 1 aromatic carbocycles. The molecule has 1 fully saturated rings. The van der Waals surface area contributed by atoms with Gasteiger partial charge in [-0.3, -0.25) is 4.79 Å². The van der Waals surface area contributed by atoms with Gasteiger partial charge in [0.2, 0.25) is 5.91 Å². The van der Waals surface area contributed by atoms with Gasteiger partial charge in [0.25, 0.3) is 0 Å². The summed E-state index contributed by atoms with van der Waals surface area (Å²) >= 11 is 5.87. The first kappa shape index (κ1) is 10.4.